The lowest BCUT2D eigenvalue weighted by molar-refractivity contribution is -0.385. The number of rotatable bonds is 7. The summed E-state index contributed by atoms with van der Waals surface area (Å²) in [7, 11) is 0. The predicted octanol–water partition coefficient (Wildman–Crippen LogP) is 2.55. The molecule has 1 saturated carbocycles. The first-order valence-corrected chi connectivity index (χ1v) is 11.1. The van der Waals surface area contributed by atoms with Crippen LogP contribution in [-0.2, 0) is 9.59 Å². The van der Waals surface area contributed by atoms with Gasteiger partial charge in [-0.05, 0) is 42.5 Å². The number of hydrogen-bond donors (Lipinski definition) is 0. The Kier molecular flexibility index (Phi) is 5.43. The molecule has 0 aromatic heterocycles. The molecule has 0 spiro atoms. The maximum Gasteiger partial charge on any atom is 0.273 e. The fourth-order valence-corrected chi connectivity index (χ4v) is 5.23. The quantitative estimate of drug-likeness (QED) is 0.188. The highest BCUT2D eigenvalue weighted by molar-refractivity contribution is 6.10. The Morgan fingerprint density at radius 2 is 1.25 bits per heavy atom. The molecule has 1 heterocycles. The van der Waals surface area contributed by atoms with Crippen LogP contribution in [0.15, 0.2) is 60.7 Å². The standard InChI is InChI=1S/C24H18N4O8/c29-19(13-3-7-17(8-4-13)27(33)34)12-25(22(30)14-5-9-18(10-6-14)28(35)36)26-23(31)20-15-1-2-16(11-15)21(20)24(26)32/h1-10,15-16,20-21H,11-12H2/t15-,16-,20+,21+/m0/s1. The number of hydrogen-bond acceptors (Lipinski definition) is 8. The molecule has 0 unspecified atom stereocenters. The van der Waals surface area contributed by atoms with Crippen molar-refractivity contribution in [1.29, 1.82) is 0 Å². The van der Waals surface area contributed by atoms with Crippen molar-refractivity contribution in [3.05, 3.63) is 92.0 Å². The summed E-state index contributed by atoms with van der Waals surface area (Å²) in [4.78, 5) is 73.8. The van der Waals surface area contributed by atoms with Gasteiger partial charge in [0.2, 0.25) is 0 Å². The Morgan fingerprint density at radius 1 is 0.806 bits per heavy atom. The van der Waals surface area contributed by atoms with E-state index in [0.29, 0.717) is 6.42 Å². The van der Waals surface area contributed by atoms with E-state index in [2.05, 4.69) is 0 Å². The average Bonchev–Trinajstić information content (AvgIpc) is 3.56. The molecule has 3 aliphatic rings. The number of amides is 3. The van der Waals surface area contributed by atoms with E-state index in [4.69, 9.17) is 0 Å². The molecular formula is C24H18N4O8. The third-order valence-corrected chi connectivity index (χ3v) is 6.94. The second-order valence-electron chi connectivity index (χ2n) is 8.88. The zero-order valence-corrected chi connectivity index (χ0v) is 18.6. The van der Waals surface area contributed by atoms with Gasteiger partial charge in [-0.25, -0.2) is 5.01 Å². The van der Waals surface area contributed by atoms with Crippen LogP contribution in [0.4, 0.5) is 11.4 Å². The van der Waals surface area contributed by atoms with Crippen LogP contribution >= 0.6 is 0 Å². The molecule has 5 rings (SSSR count). The molecule has 2 aliphatic carbocycles. The van der Waals surface area contributed by atoms with Gasteiger partial charge in [-0.2, -0.15) is 5.01 Å². The van der Waals surface area contributed by atoms with E-state index < -0.39 is 51.7 Å². The van der Waals surface area contributed by atoms with Gasteiger partial charge in [-0.15, -0.1) is 0 Å². The number of ketones is 1. The van der Waals surface area contributed by atoms with Crippen LogP contribution in [0.5, 0.6) is 0 Å². The van der Waals surface area contributed by atoms with Gasteiger partial charge in [-0.1, -0.05) is 12.2 Å². The predicted molar refractivity (Wildman–Crippen MR) is 121 cm³/mol. The van der Waals surface area contributed by atoms with Crippen LogP contribution in [0.25, 0.3) is 0 Å². The van der Waals surface area contributed by atoms with Crippen molar-refractivity contribution in [2.45, 2.75) is 6.42 Å². The number of carbonyl (C=O) groups is 4. The van der Waals surface area contributed by atoms with Gasteiger partial charge in [0.1, 0.15) is 6.54 Å². The minimum Gasteiger partial charge on any atom is -0.292 e. The highest BCUT2D eigenvalue weighted by Gasteiger charge is 2.61. The number of imide groups is 1. The van der Waals surface area contributed by atoms with Crippen LogP contribution in [0.2, 0.25) is 0 Å². The Hall–Kier alpha value is -4.74. The number of nitrogens with zero attached hydrogens (tertiary/aromatic N) is 4. The monoisotopic (exact) mass is 490 g/mol. The average molecular weight is 490 g/mol. The summed E-state index contributed by atoms with van der Waals surface area (Å²) >= 11 is 0. The Morgan fingerprint density at radius 3 is 1.69 bits per heavy atom. The fraction of sp³-hybridized carbons (Fsp3) is 0.250. The zero-order valence-electron chi connectivity index (χ0n) is 18.6. The molecule has 2 bridgehead atoms. The lowest BCUT2D eigenvalue weighted by Crippen LogP contribution is -2.52. The van der Waals surface area contributed by atoms with Gasteiger partial charge in [0.25, 0.3) is 29.1 Å². The molecule has 12 heteroatoms. The minimum absolute atomic E-state index is 0.0446. The molecular weight excluding hydrogens is 472 g/mol. The van der Waals surface area contributed by atoms with Gasteiger partial charge in [0.15, 0.2) is 5.78 Å². The molecule has 0 N–H and O–H groups in total. The second-order valence-corrected chi connectivity index (χ2v) is 8.88. The maximum atomic E-state index is 13.5. The lowest BCUT2D eigenvalue weighted by atomic mass is 9.85. The van der Waals surface area contributed by atoms with Crippen molar-refractivity contribution < 1.29 is 29.0 Å². The highest BCUT2D eigenvalue weighted by atomic mass is 16.6. The highest BCUT2D eigenvalue weighted by Crippen LogP contribution is 2.52. The topological polar surface area (TPSA) is 161 Å². The number of nitro groups is 2. The van der Waals surface area contributed by atoms with Crippen LogP contribution in [0.3, 0.4) is 0 Å². The normalized spacial score (nSPS) is 23.6. The zero-order chi connectivity index (χ0) is 25.7. The Bertz CT molecular complexity index is 1320. The Labute approximate surface area is 203 Å². The molecule has 0 radical (unpaired) electrons. The van der Waals surface area contributed by atoms with E-state index in [1.54, 1.807) is 0 Å². The number of nitro benzene ring substituents is 2. The molecule has 1 aliphatic heterocycles. The molecule has 3 amide bonds. The smallest absolute Gasteiger partial charge is 0.273 e. The van der Waals surface area contributed by atoms with Crippen molar-refractivity contribution in [1.82, 2.24) is 10.0 Å². The molecule has 36 heavy (non-hydrogen) atoms. The Balaban J connectivity index is 1.48. The first-order chi connectivity index (χ1) is 17.2. The van der Waals surface area contributed by atoms with Crippen molar-refractivity contribution in [3.8, 4) is 0 Å². The lowest BCUT2D eigenvalue weighted by Gasteiger charge is -2.30. The van der Waals surface area contributed by atoms with Gasteiger partial charge in [0.05, 0.1) is 21.7 Å². The van der Waals surface area contributed by atoms with Crippen molar-refractivity contribution >= 4 is 34.9 Å². The summed E-state index contributed by atoms with van der Waals surface area (Å²) in [6.45, 7) is -0.687. The van der Waals surface area contributed by atoms with E-state index in [-0.39, 0.29) is 34.3 Å². The number of allylic oxidation sites excluding steroid dienone is 2. The molecule has 2 aromatic carbocycles. The van der Waals surface area contributed by atoms with Crippen LogP contribution in [0.1, 0.15) is 27.1 Å². The van der Waals surface area contributed by atoms with E-state index in [1.165, 1.54) is 24.3 Å². The number of non-ortho nitro benzene ring substituents is 2. The second kappa shape index (κ2) is 8.48. The summed E-state index contributed by atoms with van der Waals surface area (Å²) in [5, 5.41) is 23.4. The molecule has 4 atom stereocenters. The number of hydrazine groups is 1. The van der Waals surface area contributed by atoms with Crippen molar-refractivity contribution in [3.63, 3.8) is 0 Å². The molecule has 2 aromatic rings. The largest absolute Gasteiger partial charge is 0.292 e. The number of fused-ring (bicyclic) bond motifs is 5. The molecule has 182 valence electrons. The SMILES string of the molecule is O=C(CN(C(=O)c1ccc([N+](=O)[O-])cc1)N1C(=O)[C@H]2[C@H](C1=O)[C@H]1C=C[C@H]2C1)c1ccc([N+](=O)[O-])cc1. The van der Waals surface area contributed by atoms with Gasteiger partial charge >= 0.3 is 0 Å². The number of Topliss-reactive ketones (excluding diaryl/α,β-unsaturated/α-hetero) is 1. The molecule has 12 nitrogen and oxygen atoms in total. The van der Waals surface area contributed by atoms with E-state index in [0.717, 1.165) is 34.3 Å². The molecule has 2 fully saturated rings. The first-order valence-electron chi connectivity index (χ1n) is 11.1. The summed E-state index contributed by atoms with van der Waals surface area (Å²) in [6, 6.07) is 9.29. The third-order valence-electron chi connectivity index (χ3n) is 6.94. The first kappa shape index (κ1) is 23.0. The summed E-state index contributed by atoms with van der Waals surface area (Å²) in [5.41, 5.74) is -0.504. The maximum absolute atomic E-state index is 13.5. The van der Waals surface area contributed by atoms with Crippen LogP contribution in [-0.4, -0.2) is 49.9 Å². The van der Waals surface area contributed by atoms with Gasteiger partial charge < -0.3 is 0 Å². The minimum atomic E-state index is -0.859. The summed E-state index contributed by atoms with van der Waals surface area (Å²) in [6.07, 6.45) is 4.47. The number of benzene rings is 2. The van der Waals surface area contributed by atoms with E-state index in [9.17, 15) is 39.4 Å². The summed E-state index contributed by atoms with van der Waals surface area (Å²) in [5.74, 6) is -4.14. The van der Waals surface area contributed by atoms with Crippen LogP contribution in [0, 0.1) is 43.9 Å². The van der Waals surface area contributed by atoms with Crippen LogP contribution < -0.4 is 0 Å². The van der Waals surface area contributed by atoms with E-state index in [1.807, 2.05) is 12.2 Å². The van der Waals surface area contributed by atoms with Gasteiger partial charge in [-0.3, -0.25) is 39.4 Å². The third kappa shape index (κ3) is 3.63. The summed E-state index contributed by atoms with van der Waals surface area (Å²) < 4.78 is 0. The van der Waals surface area contributed by atoms with Crippen molar-refractivity contribution in [2.24, 2.45) is 23.7 Å². The van der Waals surface area contributed by atoms with Gasteiger partial charge in [0, 0.05) is 35.4 Å². The number of carbonyl (C=O) groups excluding carboxylic acids is 4. The molecule has 1 saturated heterocycles. The van der Waals surface area contributed by atoms with E-state index >= 15 is 0 Å². The van der Waals surface area contributed by atoms with Crippen molar-refractivity contribution in [2.75, 3.05) is 6.54 Å². The fourth-order valence-electron chi connectivity index (χ4n) is 5.23.